The first-order valence-electron chi connectivity index (χ1n) is 5.68. The molecule has 0 atom stereocenters. The van der Waals surface area contributed by atoms with Crippen LogP contribution in [-0.2, 0) is 19.7 Å². The van der Waals surface area contributed by atoms with E-state index in [1.165, 1.54) is 18.5 Å². The highest BCUT2D eigenvalue weighted by atomic mass is 32.2. The first kappa shape index (κ1) is 17.3. The van der Waals surface area contributed by atoms with Crippen molar-refractivity contribution in [2.24, 2.45) is 0 Å². The molecule has 0 saturated heterocycles. The zero-order chi connectivity index (χ0) is 14.3. The molecular formula is C10H22N2O5S. The molecular weight excluding hydrogens is 260 g/mol. The molecule has 0 saturated carbocycles. The van der Waals surface area contributed by atoms with Crippen LogP contribution < -0.4 is 0 Å². The lowest BCUT2D eigenvalue weighted by Gasteiger charge is -2.29. The molecule has 0 amide bonds. The van der Waals surface area contributed by atoms with Crippen LogP contribution in [0, 0.1) is 0 Å². The molecule has 0 aromatic carbocycles. The van der Waals surface area contributed by atoms with Gasteiger partial charge in [0.25, 0.3) is 10.2 Å². The summed E-state index contributed by atoms with van der Waals surface area (Å²) in [5, 5.41) is 8.89. The van der Waals surface area contributed by atoms with Crippen molar-refractivity contribution in [3.63, 3.8) is 0 Å². The number of hydrogen-bond acceptors (Lipinski definition) is 5. The molecule has 0 spiro atoms. The summed E-state index contributed by atoms with van der Waals surface area (Å²) in [6.07, 6.45) is -0.00269. The molecule has 0 aromatic rings. The molecule has 1 N–H and O–H groups in total. The molecule has 18 heavy (non-hydrogen) atoms. The molecule has 0 aliphatic rings. The van der Waals surface area contributed by atoms with Gasteiger partial charge in [-0.25, -0.2) is 0 Å². The van der Waals surface area contributed by atoms with Crippen LogP contribution in [0.4, 0.5) is 0 Å². The summed E-state index contributed by atoms with van der Waals surface area (Å²) in [4.78, 5) is 11.0. The third-order valence-corrected chi connectivity index (χ3v) is 4.61. The maximum absolute atomic E-state index is 12.2. The van der Waals surface area contributed by atoms with Gasteiger partial charge in [0.2, 0.25) is 0 Å². The third-order valence-electron chi connectivity index (χ3n) is 2.45. The Hall–Kier alpha value is -0.700. The number of rotatable bonds is 8. The zero-order valence-corrected chi connectivity index (χ0v) is 12.1. The second-order valence-electron chi connectivity index (χ2n) is 4.08. The van der Waals surface area contributed by atoms with Crippen LogP contribution in [0.25, 0.3) is 0 Å². The number of ether oxygens (including phenoxy) is 1. The topological polar surface area (TPSA) is 87.2 Å². The van der Waals surface area contributed by atoms with Gasteiger partial charge < -0.3 is 9.84 Å². The average molecular weight is 282 g/mol. The van der Waals surface area contributed by atoms with Crippen molar-refractivity contribution in [3.8, 4) is 0 Å². The Morgan fingerprint density at radius 1 is 1.33 bits per heavy atom. The van der Waals surface area contributed by atoms with Crippen molar-refractivity contribution in [2.75, 3.05) is 33.9 Å². The predicted octanol–water partition coefficient (Wildman–Crippen LogP) is -0.571. The maximum atomic E-state index is 12.2. The maximum Gasteiger partial charge on any atom is 0.306 e. The second kappa shape index (κ2) is 7.67. The molecule has 0 aliphatic heterocycles. The van der Waals surface area contributed by atoms with Gasteiger partial charge in [-0.3, -0.25) is 4.79 Å². The monoisotopic (exact) mass is 282 g/mol. The molecule has 8 heteroatoms. The quantitative estimate of drug-likeness (QED) is 0.602. The first-order chi connectivity index (χ1) is 8.27. The van der Waals surface area contributed by atoms with Gasteiger partial charge in [0.15, 0.2) is 0 Å². The average Bonchev–Trinajstić information content (AvgIpc) is 2.31. The lowest BCUT2D eigenvalue weighted by atomic mass is 10.4. The fourth-order valence-corrected chi connectivity index (χ4v) is 2.91. The van der Waals surface area contributed by atoms with Crippen LogP contribution in [0.1, 0.15) is 20.3 Å². The van der Waals surface area contributed by atoms with E-state index in [-0.39, 0.29) is 32.2 Å². The van der Waals surface area contributed by atoms with Gasteiger partial charge in [-0.15, -0.1) is 0 Å². The van der Waals surface area contributed by atoms with Crippen molar-refractivity contribution in [1.82, 2.24) is 8.61 Å². The molecule has 0 heterocycles. The van der Waals surface area contributed by atoms with Gasteiger partial charge >= 0.3 is 5.97 Å². The van der Waals surface area contributed by atoms with E-state index in [4.69, 9.17) is 5.11 Å². The van der Waals surface area contributed by atoms with Crippen molar-refractivity contribution in [3.05, 3.63) is 0 Å². The van der Waals surface area contributed by atoms with Crippen LogP contribution in [0.3, 0.4) is 0 Å². The van der Waals surface area contributed by atoms with Gasteiger partial charge in [0.05, 0.1) is 20.1 Å². The summed E-state index contributed by atoms with van der Waals surface area (Å²) in [5.41, 5.74) is 0. The molecule has 0 bridgehead atoms. The minimum atomic E-state index is -3.67. The van der Waals surface area contributed by atoms with Gasteiger partial charge in [-0.1, -0.05) is 0 Å². The number of aliphatic hydroxyl groups is 1. The number of esters is 1. The Morgan fingerprint density at radius 2 is 1.89 bits per heavy atom. The largest absolute Gasteiger partial charge is 0.469 e. The van der Waals surface area contributed by atoms with E-state index in [0.717, 1.165) is 4.31 Å². The summed E-state index contributed by atoms with van der Waals surface area (Å²) in [5.74, 6) is -0.463. The molecule has 7 nitrogen and oxygen atoms in total. The summed E-state index contributed by atoms with van der Waals surface area (Å²) < 4.78 is 31.0. The molecule has 0 aromatic heterocycles. The Balaban J connectivity index is 4.72. The van der Waals surface area contributed by atoms with Crippen molar-refractivity contribution in [2.45, 2.75) is 26.3 Å². The Kier molecular flexibility index (Phi) is 7.37. The lowest BCUT2D eigenvalue weighted by Crippen LogP contribution is -2.47. The smallest absolute Gasteiger partial charge is 0.306 e. The van der Waals surface area contributed by atoms with E-state index in [0.29, 0.717) is 0 Å². The molecule has 0 radical (unpaired) electrons. The van der Waals surface area contributed by atoms with Crippen LogP contribution in [0.5, 0.6) is 0 Å². The second-order valence-corrected chi connectivity index (χ2v) is 6.07. The van der Waals surface area contributed by atoms with E-state index in [1.54, 1.807) is 13.8 Å². The van der Waals surface area contributed by atoms with E-state index in [1.807, 2.05) is 0 Å². The highest BCUT2D eigenvalue weighted by Crippen LogP contribution is 2.11. The summed E-state index contributed by atoms with van der Waals surface area (Å²) in [7, 11) is -1.02. The van der Waals surface area contributed by atoms with Crippen LogP contribution >= 0.6 is 0 Å². The van der Waals surface area contributed by atoms with E-state index < -0.39 is 16.2 Å². The van der Waals surface area contributed by atoms with Crippen molar-refractivity contribution < 1.29 is 23.1 Å². The zero-order valence-electron chi connectivity index (χ0n) is 11.3. The Morgan fingerprint density at radius 3 is 2.28 bits per heavy atom. The minimum Gasteiger partial charge on any atom is -0.469 e. The first-order valence-corrected chi connectivity index (χ1v) is 7.07. The highest BCUT2D eigenvalue weighted by Gasteiger charge is 2.28. The molecule has 0 unspecified atom stereocenters. The van der Waals surface area contributed by atoms with E-state index in [9.17, 15) is 13.2 Å². The lowest BCUT2D eigenvalue weighted by molar-refractivity contribution is -0.140. The fraction of sp³-hybridized carbons (Fsp3) is 0.900. The molecule has 0 fully saturated rings. The summed E-state index contributed by atoms with van der Waals surface area (Å²) >= 11 is 0. The minimum absolute atomic E-state index is 0.00269. The summed E-state index contributed by atoms with van der Waals surface area (Å²) in [6.45, 7) is 3.27. The van der Waals surface area contributed by atoms with Gasteiger partial charge in [0.1, 0.15) is 0 Å². The molecule has 0 aliphatic carbocycles. The number of carbonyl (C=O) groups excluding carboxylic acids is 1. The van der Waals surface area contributed by atoms with Gasteiger partial charge in [-0.2, -0.15) is 17.0 Å². The number of aliphatic hydroxyl groups excluding tert-OH is 1. The molecule has 0 rings (SSSR count). The number of carbonyl (C=O) groups is 1. The number of hydrogen-bond donors (Lipinski definition) is 1. The van der Waals surface area contributed by atoms with E-state index in [2.05, 4.69) is 4.74 Å². The summed E-state index contributed by atoms with van der Waals surface area (Å²) in [6, 6.07) is -0.261. The predicted molar refractivity (Wildman–Crippen MR) is 67.1 cm³/mol. The van der Waals surface area contributed by atoms with Crippen LogP contribution in [0.2, 0.25) is 0 Å². The van der Waals surface area contributed by atoms with E-state index >= 15 is 0 Å². The molecule has 108 valence electrons. The standard InChI is InChI=1S/C10H22N2O5S/c1-9(2)12(7-8-13)18(15,16)11(3)6-5-10(14)17-4/h9,13H,5-8H2,1-4H3. The van der Waals surface area contributed by atoms with Crippen molar-refractivity contribution >= 4 is 16.2 Å². The fourth-order valence-electron chi connectivity index (χ4n) is 1.38. The Labute approximate surface area is 109 Å². The van der Waals surface area contributed by atoms with Crippen LogP contribution in [0.15, 0.2) is 0 Å². The Bertz CT molecular complexity index is 355. The van der Waals surface area contributed by atoms with Crippen molar-refractivity contribution in [1.29, 1.82) is 0 Å². The highest BCUT2D eigenvalue weighted by molar-refractivity contribution is 7.86. The number of methoxy groups -OCH3 is 1. The van der Waals surface area contributed by atoms with Gasteiger partial charge in [-0.05, 0) is 13.8 Å². The van der Waals surface area contributed by atoms with Gasteiger partial charge in [0, 0.05) is 26.2 Å². The normalized spacial score (nSPS) is 12.4. The third kappa shape index (κ3) is 4.89. The van der Waals surface area contributed by atoms with Crippen LogP contribution in [-0.4, -0.2) is 68.0 Å². The number of nitrogens with zero attached hydrogens (tertiary/aromatic N) is 2. The SMILES string of the molecule is COC(=O)CCN(C)S(=O)(=O)N(CCO)C(C)C.